The molecule has 0 aliphatic rings. The van der Waals surface area contributed by atoms with Crippen molar-refractivity contribution in [2.24, 2.45) is 7.05 Å². The molecule has 1 aromatic rings. The molecule has 0 aromatic carbocycles. The van der Waals surface area contributed by atoms with Crippen molar-refractivity contribution in [3.63, 3.8) is 0 Å². The SMILES string of the molecule is C/C=C/CNc1cc(C)n(C)n1. The summed E-state index contributed by atoms with van der Waals surface area (Å²) in [4.78, 5) is 0. The molecule has 0 saturated carbocycles. The first kappa shape index (κ1) is 8.84. The van der Waals surface area contributed by atoms with Gasteiger partial charge in [-0.05, 0) is 13.8 Å². The first-order chi connectivity index (χ1) is 5.74. The molecule has 0 saturated heterocycles. The molecule has 0 aliphatic carbocycles. The van der Waals surface area contributed by atoms with Gasteiger partial charge in [0, 0.05) is 25.4 Å². The zero-order chi connectivity index (χ0) is 8.97. The van der Waals surface area contributed by atoms with E-state index in [1.807, 2.05) is 37.7 Å². The van der Waals surface area contributed by atoms with Gasteiger partial charge in [0.15, 0.2) is 0 Å². The van der Waals surface area contributed by atoms with Crippen LogP contribution in [-0.4, -0.2) is 16.3 Å². The molecule has 0 radical (unpaired) electrons. The second-order valence-corrected chi connectivity index (χ2v) is 2.74. The first-order valence-electron chi connectivity index (χ1n) is 4.09. The fraction of sp³-hybridized carbons (Fsp3) is 0.444. The summed E-state index contributed by atoms with van der Waals surface area (Å²) in [5.74, 6) is 0.938. The fourth-order valence-electron chi connectivity index (χ4n) is 0.928. The number of anilines is 1. The van der Waals surface area contributed by atoms with Crippen molar-refractivity contribution in [1.82, 2.24) is 9.78 Å². The van der Waals surface area contributed by atoms with Gasteiger partial charge in [0.25, 0.3) is 0 Å². The molecule has 3 nitrogen and oxygen atoms in total. The van der Waals surface area contributed by atoms with E-state index in [-0.39, 0.29) is 0 Å². The van der Waals surface area contributed by atoms with Crippen molar-refractivity contribution in [2.75, 3.05) is 11.9 Å². The largest absolute Gasteiger partial charge is 0.365 e. The summed E-state index contributed by atoms with van der Waals surface area (Å²) >= 11 is 0. The van der Waals surface area contributed by atoms with Crippen LogP contribution in [0.1, 0.15) is 12.6 Å². The minimum Gasteiger partial charge on any atom is -0.365 e. The number of nitrogens with one attached hydrogen (secondary N) is 1. The minimum absolute atomic E-state index is 0.840. The molecule has 0 atom stereocenters. The zero-order valence-electron chi connectivity index (χ0n) is 7.83. The van der Waals surface area contributed by atoms with Gasteiger partial charge < -0.3 is 5.32 Å². The van der Waals surface area contributed by atoms with Crippen LogP contribution in [0.25, 0.3) is 0 Å². The lowest BCUT2D eigenvalue weighted by molar-refractivity contribution is 0.742. The van der Waals surface area contributed by atoms with Gasteiger partial charge in [-0.1, -0.05) is 12.2 Å². The number of hydrogen-bond acceptors (Lipinski definition) is 2. The van der Waals surface area contributed by atoms with Crippen LogP contribution < -0.4 is 5.32 Å². The maximum absolute atomic E-state index is 4.25. The summed E-state index contributed by atoms with van der Waals surface area (Å²) in [6.45, 7) is 4.88. The van der Waals surface area contributed by atoms with Gasteiger partial charge >= 0.3 is 0 Å². The quantitative estimate of drug-likeness (QED) is 0.691. The van der Waals surface area contributed by atoms with E-state index in [0.717, 1.165) is 18.1 Å². The Hall–Kier alpha value is -1.25. The molecule has 0 aliphatic heterocycles. The summed E-state index contributed by atoms with van der Waals surface area (Å²) in [7, 11) is 1.94. The molecular weight excluding hydrogens is 150 g/mol. The normalized spacial score (nSPS) is 10.9. The van der Waals surface area contributed by atoms with Crippen LogP contribution in [0.2, 0.25) is 0 Å². The third kappa shape index (κ3) is 2.12. The molecule has 66 valence electrons. The van der Waals surface area contributed by atoms with Crippen LogP contribution in [0.4, 0.5) is 5.82 Å². The Bertz CT molecular complexity index is 254. The lowest BCUT2D eigenvalue weighted by Gasteiger charge is -1.95. The van der Waals surface area contributed by atoms with Crippen molar-refractivity contribution in [2.45, 2.75) is 13.8 Å². The minimum atomic E-state index is 0.840. The molecule has 12 heavy (non-hydrogen) atoms. The Labute approximate surface area is 73.1 Å². The topological polar surface area (TPSA) is 29.9 Å². The maximum Gasteiger partial charge on any atom is 0.148 e. The average molecular weight is 165 g/mol. The summed E-state index contributed by atoms with van der Waals surface area (Å²) in [6, 6.07) is 2.03. The summed E-state index contributed by atoms with van der Waals surface area (Å²) < 4.78 is 1.86. The Morgan fingerprint density at radius 1 is 1.67 bits per heavy atom. The van der Waals surface area contributed by atoms with Crippen molar-refractivity contribution in [3.8, 4) is 0 Å². The highest BCUT2D eigenvalue weighted by molar-refractivity contribution is 5.36. The molecule has 1 rings (SSSR count). The summed E-state index contributed by atoms with van der Waals surface area (Å²) in [5, 5.41) is 7.44. The van der Waals surface area contributed by atoms with Gasteiger partial charge in [-0.15, -0.1) is 0 Å². The predicted molar refractivity (Wildman–Crippen MR) is 51.2 cm³/mol. The van der Waals surface area contributed by atoms with Gasteiger partial charge in [0.05, 0.1) is 0 Å². The van der Waals surface area contributed by atoms with Crippen LogP contribution in [0.5, 0.6) is 0 Å². The molecular formula is C9H15N3. The highest BCUT2D eigenvalue weighted by Crippen LogP contribution is 2.05. The lowest BCUT2D eigenvalue weighted by Crippen LogP contribution is -1.99. The second-order valence-electron chi connectivity index (χ2n) is 2.74. The molecule has 0 fully saturated rings. The third-order valence-electron chi connectivity index (χ3n) is 1.75. The Morgan fingerprint density at radius 2 is 2.42 bits per heavy atom. The van der Waals surface area contributed by atoms with Gasteiger partial charge in [-0.25, -0.2) is 0 Å². The van der Waals surface area contributed by atoms with Crippen LogP contribution in [-0.2, 0) is 7.05 Å². The first-order valence-corrected chi connectivity index (χ1v) is 4.09. The van der Waals surface area contributed by atoms with E-state index < -0.39 is 0 Å². The highest BCUT2D eigenvalue weighted by atomic mass is 15.3. The number of hydrogen-bond donors (Lipinski definition) is 1. The van der Waals surface area contributed by atoms with Gasteiger partial charge in [0.1, 0.15) is 5.82 Å². The van der Waals surface area contributed by atoms with Crippen molar-refractivity contribution >= 4 is 5.82 Å². The molecule has 3 heteroatoms. The number of nitrogens with zero attached hydrogens (tertiary/aromatic N) is 2. The van der Waals surface area contributed by atoms with Crippen molar-refractivity contribution in [3.05, 3.63) is 23.9 Å². The Morgan fingerprint density at radius 3 is 2.92 bits per heavy atom. The molecule has 0 unspecified atom stereocenters. The maximum atomic E-state index is 4.25. The van der Waals surface area contributed by atoms with E-state index in [2.05, 4.69) is 16.5 Å². The van der Waals surface area contributed by atoms with Crippen LogP contribution in [0, 0.1) is 6.92 Å². The molecule has 0 amide bonds. The van der Waals surface area contributed by atoms with Crippen molar-refractivity contribution < 1.29 is 0 Å². The summed E-state index contributed by atoms with van der Waals surface area (Å²) in [6.07, 6.45) is 4.08. The predicted octanol–water partition coefficient (Wildman–Crippen LogP) is 1.72. The van der Waals surface area contributed by atoms with Gasteiger partial charge in [0.2, 0.25) is 0 Å². The van der Waals surface area contributed by atoms with E-state index in [1.165, 1.54) is 0 Å². The summed E-state index contributed by atoms with van der Waals surface area (Å²) in [5.41, 5.74) is 1.16. The van der Waals surface area contributed by atoms with E-state index in [9.17, 15) is 0 Å². The van der Waals surface area contributed by atoms with E-state index in [0.29, 0.717) is 0 Å². The molecule has 1 aromatic heterocycles. The third-order valence-corrected chi connectivity index (χ3v) is 1.75. The highest BCUT2D eigenvalue weighted by Gasteiger charge is 1.97. The van der Waals surface area contributed by atoms with E-state index >= 15 is 0 Å². The van der Waals surface area contributed by atoms with Crippen LogP contribution in [0.15, 0.2) is 18.2 Å². The lowest BCUT2D eigenvalue weighted by atomic mass is 10.4. The van der Waals surface area contributed by atoms with Crippen LogP contribution in [0.3, 0.4) is 0 Å². The zero-order valence-corrected chi connectivity index (χ0v) is 7.83. The van der Waals surface area contributed by atoms with Crippen molar-refractivity contribution in [1.29, 1.82) is 0 Å². The average Bonchev–Trinajstić information content (AvgIpc) is 2.32. The van der Waals surface area contributed by atoms with Crippen LogP contribution >= 0.6 is 0 Å². The number of aromatic nitrogens is 2. The number of allylic oxidation sites excluding steroid dienone is 1. The monoisotopic (exact) mass is 165 g/mol. The number of rotatable bonds is 3. The van der Waals surface area contributed by atoms with E-state index in [1.54, 1.807) is 0 Å². The molecule has 1 heterocycles. The Balaban J connectivity index is 2.52. The molecule has 1 N–H and O–H groups in total. The molecule has 0 bridgehead atoms. The van der Waals surface area contributed by atoms with E-state index in [4.69, 9.17) is 0 Å². The second kappa shape index (κ2) is 3.95. The molecule has 0 spiro atoms. The smallest absolute Gasteiger partial charge is 0.148 e. The number of aryl methyl sites for hydroxylation is 2. The fourth-order valence-corrected chi connectivity index (χ4v) is 0.928. The van der Waals surface area contributed by atoms with Gasteiger partial charge in [-0.3, -0.25) is 4.68 Å². The van der Waals surface area contributed by atoms with Gasteiger partial charge in [-0.2, -0.15) is 5.10 Å². The standard InChI is InChI=1S/C9H15N3/c1-4-5-6-10-9-7-8(2)12(3)11-9/h4-5,7H,6H2,1-3H3,(H,10,11)/b5-4+. The Kier molecular flexibility index (Phi) is 2.91.